The molecule has 3 aromatic rings. The average Bonchev–Trinajstić information content (AvgIpc) is 2.81. The minimum Gasteiger partial charge on any atom is -0.370 e. The second kappa shape index (κ2) is 9.62. The molecule has 160 valence electrons. The molecule has 1 saturated heterocycles. The van der Waals surface area contributed by atoms with Gasteiger partial charge in [-0.2, -0.15) is 0 Å². The summed E-state index contributed by atoms with van der Waals surface area (Å²) in [5.74, 6) is -0.130. The normalized spacial score (nSPS) is 16.5. The van der Waals surface area contributed by atoms with Crippen molar-refractivity contribution in [2.24, 2.45) is 16.5 Å². The molecular formula is C25H28FN5. The van der Waals surface area contributed by atoms with Gasteiger partial charge in [0.1, 0.15) is 5.82 Å². The highest BCUT2D eigenvalue weighted by molar-refractivity contribution is 5.76. The number of nitrogens with two attached hydrogens (primary N) is 2. The third-order valence-electron chi connectivity index (χ3n) is 5.77. The maximum absolute atomic E-state index is 13.3. The molecule has 0 saturated carbocycles. The fourth-order valence-corrected chi connectivity index (χ4v) is 4.29. The van der Waals surface area contributed by atoms with Crippen LogP contribution < -0.4 is 16.4 Å². The van der Waals surface area contributed by atoms with Crippen molar-refractivity contribution in [3.05, 3.63) is 102 Å². The van der Waals surface area contributed by atoms with Crippen molar-refractivity contribution in [1.82, 2.24) is 4.90 Å². The van der Waals surface area contributed by atoms with E-state index in [1.807, 2.05) is 36.4 Å². The molecule has 2 atom stereocenters. The number of anilines is 1. The number of aliphatic imine (C=N–C) groups is 1. The lowest BCUT2D eigenvalue weighted by molar-refractivity contribution is 0.162. The van der Waals surface area contributed by atoms with Crippen molar-refractivity contribution < 1.29 is 4.39 Å². The predicted octanol–water partition coefficient (Wildman–Crippen LogP) is 3.70. The molecule has 0 unspecified atom stereocenters. The van der Waals surface area contributed by atoms with Crippen LogP contribution in [-0.4, -0.2) is 37.0 Å². The minimum atomic E-state index is -0.217. The van der Waals surface area contributed by atoms with Gasteiger partial charge in [0.05, 0.1) is 12.1 Å². The zero-order valence-corrected chi connectivity index (χ0v) is 17.4. The predicted molar refractivity (Wildman–Crippen MR) is 124 cm³/mol. The first-order chi connectivity index (χ1) is 15.1. The van der Waals surface area contributed by atoms with Crippen molar-refractivity contribution in [1.29, 1.82) is 0 Å². The summed E-state index contributed by atoms with van der Waals surface area (Å²) in [4.78, 5) is 9.39. The first-order valence-electron chi connectivity index (χ1n) is 10.5. The Bertz CT molecular complexity index is 979. The van der Waals surface area contributed by atoms with E-state index in [0.29, 0.717) is 0 Å². The molecule has 1 heterocycles. The molecule has 1 aliphatic heterocycles. The number of hydrogen-bond acceptors (Lipinski definition) is 3. The minimum absolute atomic E-state index is 0.000989. The second-order valence-electron chi connectivity index (χ2n) is 7.76. The van der Waals surface area contributed by atoms with Crippen LogP contribution in [0.25, 0.3) is 0 Å². The molecule has 1 fully saturated rings. The summed E-state index contributed by atoms with van der Waals surface area (Å²) in [5.41, 5.74) is 15.0. The summed E-state index contributed by atoms with van der Waals surface area (Å²) in [6.07, 6.45) is 0. The van der Waals surface area contributed by atoms with Crippen LogP contribution in [0.5, 0.6) is 0 Å². The molecule has 0 radical (unpaired) electrons. The Balaban J connectivity index is 1.63. The maximum Gasteiger partial charge on any atom is 0.186 e. The number of benzene rings is 3. The topological polar surface area (TPSA) is 70.9 Å². The van der Waals surface area contributed by atoms with Gasteiger partial charge in [0, 0.05) is 31.9 Å². The molecule has 0 bridgehead atoms. The third-order valence-corrected chi connectivity index (χ3v) is 5.77. The summed E-state index contributed by atoms with van der Waals surface area (Å²) in [6.45, 7) is 3.39. The van der Waals surface area contributed by atoms with Gasteiger partial charge in [-0.3, -0.25) is 4.90 Å². The highest BCUT2D eigenvalue weighted by atomic mass is 19.1. The van der Waals surface area contributed by atoms with Crippen LogP contribution in [0, 0.1) is 5.82 Å². The van der Waals surface area contributed by atoms with E-state index < -0.39 is 0 Å². The zero-order chi connectivity index (χ0) is 21.6. The zero-order valence-electron chi connectivity index (χ0n) is 17.4. The van der Waals surface area contributed by atoms with Crippen molar-refractivity contribution in [3.63, 3.8) is 0 Å². The molecule has 31 heavy (non-hydrogen) atoms. The molecule has 1 aliphatic rings. The van der Waals surface area contributed by atoms with Crippen molar-refractivity contribution in [2.75, 3.05) is 31.1 Å². The van der Waals surface area contributed by atoms with Gasteiger partial charge in [-0.15, -0.1) is 0 Å². The molecule has 0 amide bonds. The summed E-state index contributed by atoms with van der Waals surface area (Å²) in [6, 6.07) is 27.0. The Kier molecular flexibility index (Phi) is 6.48. The number of hydrogen-bond donors (Lipinski definition) is 2. The quantitative estimate of drug-likeness (QED) is 0.474. The van der Waals surface area contributed by atoms with Gasteiger partial charge < -0.3 is 16.4 Å². The smallest absolute Gasteiger partial charge is 0.186 e. The molecule has 0 aliphatic carbocycles. The van der Waals surface area contributed by atoms with E-state index in [1.54, 1.807) is 0 Å². The monoisotopic (exact) mass is 417 g/mol. The first-order valence-corrected chi connectivity index (χ1v) is 10.5. The van der Waals surface area contributed by atoms with E-state index in [2.05, 4.69) is 51.2 Å². The summed E-state index contributed by atoms with van der Waals surface area (Å²) >= 11 is 0. The lowest BCUT2D eigenvalue weighted by Gasteiger charge is -2.42. The van der Waals surface area contributed by atoms with Crippen molar-refractivity contribution in [2.45, 2.75) is 12.1 Å². The maximum atomic E-state index is 13.3. The highest BCUT2D eigenvalue weighted by Gasteiger charge is 2.32. The fraction of sp³-hybridized carbons (Fsp3) is 0.240. The van der Waals surface area contributed by atoms with Gasteiger partial charge in [-0.1, -0.05) is 60.7 Å². The van der Waals surface area contributed by atoms with Gasteiger partial charge in [0.15, 0.2) is 5.96 Å². The number of rotatable bonds is 6. The molecule has 0 aromatic heterocycles. The van der Waals surface area contributed by atoms with Crippen LogP contribution in [0.2, 0.25) is 0 Å². The SMILES string of the molecule is NC(N)=N[C@@H](c1ccccc1)[C@@H](c1ccccc1)N1CCN(c2ccc(F)cc2)CC1. The van der Waals surface area contributed by atoms with Crippen LogP contribution in [0.1, 0.15) is 23.2 Å². The van der Waals surface area contributed by atoms with E-state index in [-0.39, 0.29) is 23.9 Å². The van der Waals surface area contributed by atoms with Crippen LogP contribution in [0.3, 0.4) is 0 Å². The molecular weight excluding hydrogens is 389 g/mol. The number of nitrogens with zero attached hydrogens (tertiary/aromatic N) is 3. The Hall–Kier alpha value is -3.38. The van der Waals surface area contributed by atoms with Gasteiger partial charge in [-0.25, -0.2) is 9.38 Å². The third kappa shape index (κ3) is 5.03. The Labute approximate surface area is 182 Å². The van der Waals surface area contributed by atoms with E-state index >= 15 is 0 Å². The van der Waals surface area contributed by atoms with E-state index in [4.69, 9.17) is 11.5 Å². The average molecular weight is 418 g/mol. The van der Waals surface area contributed by atoms with Crippen molar-refractivity contribution >= 4 is 11.6 Å². The lowest BCUT2D eigenvalue weighted by Crippen LogP contribution is -2.49. The largest absolute Gasteiger partial charge is 0.370 e. The number of guanidine groups is 1. The number of halogens is 1. The van der Waals surface area contributed by atoms with Gasteiger partial charge >= 0.3 is 0 Å². The summed E-state index contributed by atoms with van der Waals surface area (Å²) in [7, 11) is 0. The molecule has 3 aromatic carbocycles. The second-order valence-corrected chi connectivity index (χ2v) is 7.76. The molecule has 4 N–H and O–H groups in total. The number of piperazine rings is 1. The van der Waals surface area contributed by atoms with E-state index in [1.165, 1.54) is 17.7 Å². The summed E-state index contributed by atoms with van der Waals surface area (Å²) < 4.78 is 13.3. The van der Waals surface area contributed by atoms with Gasteiger partial charge in [0.2, 0.25) is 0 Å². The Morgan fingerprint density at radius 1 is 0.742 bits per heavy atom. The highest BCUT2D eigenvalue weighted by Crippen LogP contribution is 2.38. The van der Waals surface area contributed by atoms with E-state index in [0.717, 1.165) is 37.4 Å². The van der Waals surface area contributed by atoms with Crippen LogP contribution in [0.15, 0.2) is 89.9 Å². The van der Waals surface area contributed by atoms with E-state index in [9.17, 15) is 4.39 Å². The fourth-order valence-electron chi connectivity index (χ4n) is 4.29. The van der Waals surface area contributed by atoms with Crippen LogP contribution >= 0.6 is 0 Å². The standard InChI is InChI=1S/C25H28FN5/c26-21-11-13-22(14-12-21)30-15-17-31(18-16-30)24(20-9-5-2-6-10-20)23(29-25(27)28)19-7-3-1-4-8-19/h1-14,23-24H,15-18H2,(H4,27,28,29)/t23-,24+/m0/s1. The van der Waals surface area contributed by atoms with Crippen molar-refractivity contribution in [3.8, 4) is 0 Å². The van der Waals surface area contributed by atoms with Crippen LogP contribution in [0.4, 0.5) is 10.1 Å². The Morgan fingerprint density at radius 2 is 1.29 bits per heavy atom. The van der Waals surface area contributed by atoms with Crippen LogP contribution in [-0.2, 0) is 0 Å². The lowest BCUT2D eigenvalue weighted by atomic mass is 9.91. The molecule has 4 rings (SSSR count). The first kappa shape index (κ1) is 20.9. The molecule has 6 heteroatoms. The molecule has 0 spiro atoms. The summed E-state index contributed by atoms with van der Waals surface area (Å²) in [5, 5.41) is 0. The Morgan fingerprint density at radius 3 is 1.84 bits per heavy atom. The van der Waals surface area contributed by atoms with Gasteiger partial charge in [0.25, 0.3) is 0 Å². The molecule has 5 nitrogen and oxygen atoms in total. The van der Waals surface area contributed by atoms with Gasteiger partial charge in [-0.05, 0) is 35.4 Å².